The fourth-order valence-electron chi connectivity index (χ4n) is 3.72. The zero-order chi connectivity index (χ0) is 26.7. The van der Waals surface area contributed by atoms with Crippen LogP contribution >= 0.6 is 0 Å². The zero-order valence-corrected chi connectivity index (χ0v) is 20.1. The third kappa shape index (κ3) is 5.70. The summed E-state index contributed by atoms with van der Waals surface area (Å²) in [4.78, 5) is 24.5. The number of aromatic nitrogens is 2. The maximum atomic E-state index is 13.2. The second kappa shape index (κ2) is 10.2. The summed E-state index contributed by atoms with van der Waals surface area (Å²) >= 11 is 0. The van der Waals surface area contributed by atoms with Crippen molar-refractivity contribution >= 4 is 23.6 Å². The molecule has 1 aromatic heterocycles. The van der Waals surface area contributed by atoms with E-state index >= 15 is 0 Å². The van der Waals surface area contributed by atoms with Crippen molar-refractivity contribution < 1.29 is 32.6 Å². The number of aryl methyl sites for hydroxylation is 1. The molecule has 3 aromatic carbocycles. The normalized spacial score (nSPS) is 13.4. The largest absolute Gasteiger partial charge is 0.586 e. The molecular weight excluding hydrogens is 496 g/mol. The van der Waals surface area contributed by atoms with Gasteiger partial charge < -0.3 is 19.5 Å². The summed E-state index contributed by atoms with van der Waals surface area (Å²) in [5, 5.41) is 7.15. The van der Waals surface area contributed by atoms with Crippen LogP contribution in [0.2, 0.25) is 0 Å². The Kier molecular flexibility index (Phi) is 6.61. The van der Waals surface area contributed by atoms with E-state index in [0.29, 0.717) is 11.3 Å². The summed E-state index contributed by atoms with van der Waals surface area (Å²) in [5.41, 5.74) is 4.36. The lowest BCUT2D eigenvalue weighted by Crippen LogP contribution is -2.25. The number of carbonyl (C=O) groups is 2. The summed E-state index contributed by atoms with van der Waals surface area (Å²) in [7, 11) is 0. The zero-order valence-electron chi connectivity index (χ0n) is 20.1. The number of fused-ring (bicyclic) bond motifs is 1. The number of halogens is 2. The molecule has 0 radical (unpaired) electrons. The number of para-hydroxylation sites is 1. The van der Waals surface area contributed by atoms with Crippen molar-refractivity contribution in [2.75, 3.05) is 11.9 Å². The molecule has 1 aliphatic rings. The predicted octanol–water partition coefficient (Wildman–Crippen LogP) is 5.36. The molecule has 0 saturated carbocycles. The van der Waals surface area contributed by atoms with Crippen molar-refractivity contribution in [3.63, 3.8) is 0 Å². The number of hydrogen-bond acceptors (Lipinski definition) is 6. The van der Waals surface area contributed by atoms with Crippen LogP contribution in [-0.4, -0.2) is 34.6 Å². The molecule has 2 heterocycles. The Labute approximate surface area is 216 Å². The molecule has 1 amide bonds. The molecule has 0 spiro atoms. The molecular formula is C28H21F2N3O5. The maximum Gasteiger partial charge on any atom is 0.586 e. The average molecular weight is 517 g/mol. The van der Waals surface area contributed by atoms with E-state index in [9.17, 15) is 18.4 Å². The molecule has 38 heavy (non-hydrogen) atoms. The SMILES string of the molecule is Cc1ccc(-c2nn(-c3ccccc3)cc2C=CC(=O)OCC(=O)Nc2ccc3c(c2)OC(F)(F)O3)cc1. The van der Waals surface area contributed by atoms with Crippen molar-refractivity contribution in [2.45, 2.75) is 13.2 Å². The molecule has 10 heteroatoms. The molecule has 1 aliphatic heterocycles. The summed E-state index contributed by atoms with van der Waals surface area (Å²) in [6.07, 6.45) is 0.813. The standard InChI is InChI=1S/C28H21F2N3O5/c1-18-7-9-19(10-8-18)27-20(16-33(32-27)22-5-3-2-4-6-22)11-14-26(35)36-17-25(34)31-21-12-13-23-24(15-21)38-28(29,30)37-23/h2-16H,17H2,1H3,(H,31,34). The first kappa shape index (κ1) is 24.7. The van der Waals surface area contributed by atoms with Gasteiger partial charge in [-0.2, -0.15) is 5.10 Å². The third-order valence-corrected chi connectivity index (χ3v) is 5.52. The minimum Gasteiger partial charge on any atom is -0.452 e. The number of benzene rings is 3. The van der Waals surface area contributed by atoms with Crippen molar-refractivity contribution in [1.82, 2.24) is 9.78 Å². The minimum absolute atomic E-state index is 0.148. The topological polar surface area (TPSA) is 91.7 Å². The predicted molar refractivity (Wildman–Crippen MR) is 135 cm³/mol. The van der Waals surface area contributed by atoms with Gasteiger partial charge in [-0.15, -0.1) is 8.78 Å². The first-order chi connectivity index (χ1) is 18.3. The van der Waals surface area contributed by atoms with Gasteiger partial charge in [-0.05, 0) is 37.3 Å². The third-order valence-electron chi connectivity index (χ3n) is 5.52. The van der Waals surface area contributed by atoms with Crippen molar-refractivity contribution in [2.24, 2.45) is 0 Å². The fourth-order valence-corrected chi connectivity index (χ4v) is 3.72. The molecule has 5 rings (SSSR count). The van der Waals surface area contributed by atoms with E-state index < -0.39 is 24.8 Å². The van der Waals surface area contributed by atoms with E-state index in [1.165, 1.54) is 24.3 Å². The number of rotatable bonds is 7. The van der Waals surface area contributed by atoms with Crippen LogP contribution in [0.3, 0.4) is 0 Å². The number of amides is 1. The van der Waals surface area contributed by atoms with Crippen LogP contribution in [0.15, 0.2) is 85.1 Å². The molecule has 0 fully saturated rings. The quantitative estimate of drug-likeness (QED) is 0.262. The minimum atomic E-state index is -3.76. The second-order valence-corrected chi connectivity index (χ2v) is 8.40. The van der Waals surface area contributed by atoms with Gasteiger partial charge in [0, 0.05) is 35.2 Å². The number of ether oxygens (including phenoxy) is 3. The lowest BCUT2D eigenvalue weighted by Gasteiger charge is -2.06. The maximum absolute atomic E-state index is 13.2. The number of alkyl halides is 2. The van der Waals surface area contributed by atoms with Crippen LogP contribution in [0.25, 0.3) is 23.0 Å². The number of anilines is 1. The highest BCUT2D eigenvalue weighted by Crippen LogP contribution is 2.42. The molecule has 0 unspecified atom stereocenters. The highest BCUT2D eigenvalue weighted by Gasteiger charge is 2.43. The van der Waals surface area contributed by atoms with Gasteiger partial charge in [0.05, 0.1) is 11.4 Å². The Hall–Kier alpha value is -4.99. The number of esters is 1. The molecule has 0 saturated heterocycles. The van der Waals surface area contributed by atoms with Gasteiger partial charge in [0.15, 0.2) is 18.1 Å². The molecule has 0 bridgehead atoms. The summed E-state index contributed by atoms with van der Waals surface area (Å²) in [5.74, 6) is -1.76. The average Bonchev–Trinajstić information content (AvgIpc) is 3.46. The van der Waals surface area contributed by atoms with Crippen LogP contribution in [0.5, 0.6) is 11.5 Å². The molecule has 0 aliphatic carbocycles. The molecule has 4 aromatic rings. The number of nitrogens with one attached hydrogen (secondary N) is 1. The first-order valence-electron chi connectivity index (χ1n) is 11.5. The van der Waals surface area contributed by atoms with Gasteiger partial charge in [0.1, 0.15) is 0 Å². The van der Waals surface area contributed by atoms with E-state index in [-0.39, 0.29) is 17.2 Å². The van der Waals surface area contributed by atoms with Gasteiger partial charge in [0.2, 0.25) is 0 Å². The van der Waals surface area contributed by atoms with E-state index in [1.54, 1.807) is 17.0 Å². The highest BCUT2D eigenvalue weighted by atomic mass is 19.3. The number of carbonyl (C=O) groups excluding carboxylic acids is 2. The van der Waals surface area contributed by atoms with Crippen LogP contribution in [-0.2, 0) is 14.3 Å². The van der Waals surface area contributed by atoms with Gasteiger partial charge in [-0.1, -0.05) is 48.0 Å². The number of hydrogen-bond donors (Lipinski definition) is 1. The highest BCUT2D eigenvalue weighted by molar-refractivity contribution is 5.95. The Morgan fingerprint density at radius 3 is 2.53 bits per heavy atom. The van der Waals surface area contributed by atoms with Crippen molar-refractivity contribution in [3.8, 4) is 28.4 Å². The monoisotopic (exact) mass is 517 g/mol. The van der Waals surface area contributed by atoms with Crippen LogP contribution in [0, 0.1) is 6.92 Å². The van der Waals surface area contributed by atoms with E-state index in [4.69, 9.17) is 9.84 Å². The molecule has 0 atom stereocenters. The smallest absolute Gasteiger partial charge is 0.452 e. The molecule has 8 nitrogen and oxygen atoms in total. The van der Waals surface area contributed by atoms with E-state index in [0.717, 1.165) is 16.8 Å². The Bertz CT molecular complexity index is 1520. The van der Waals surface area contributed by atoms with E-state index in [1.807, 2.05) is 61.5 Å². The van der Waals surface area contributed by atoms with Gasteiger partial charge in [-0.3, -0.25) is 4.79 Å². The Balaban J connectivity index is 1.24. The van der Waals surface area contributed by atoms with Crippen LogP contribution < -0.4 is 14.8 Å². The Morgan fingerprint density at radius 2 is 1.76 bits per heavy atom. The lowest BCUT2D eigenvalue weighted by atomic mass is 10.1. The Morgan fingerprint density at radius 1 is 1.03 bits per heavy atom. The lowest BCUT2D eigenvalue weighted by molar-refractivity contribution is -0.286. The van der Waals surface area contributed by atoms with Crippen LogP contribution in [0.1, 0.15) is 11.1 Å². The number of nitrogens with zero attached hydrogens (tertiary/aromatic N) is 2. The second-order valence-electron chi connectivity index (χ2n) is 8.40. The molecule has 1 N–H and O–H groups in total. The first-order valence-corrected chi connectivity index (χ1v) is 11.5. The summed E-state index contributed by atoms with van der Waals surface area (Å²) in [6, 6.07) is 21.2. The fraction of sp³-hybridized carbons (Fsp3) is 0.107. The van der Waals surface area contributed by atoms with Crippen molar-refractivity contribution in [1.29, 1.82) is 0 Å². The van der Waals surface area contributed by atoms with E-state index in [2.05, 4.69) is 14.8 Å². The summed E-state index contributed by atoms with van der Waals surface area (Å²) in [6.45, 7) is 1.41. The van der Waals surface area contributed by atoms with Crippen LogP contribution in [0.4, 0.5) is 14.5 Å². The van der Waals surface area contributed by atoms with Gasteiger partial charge >= 0.3 is 12.3 Å². The molecule has 192 valence electrons. The summed E-state index contributed by atoms with van der Waals surface area (Å²) < 4.78 is 41.7. The van der Waals surface area contributed by atoms with Gasteiger partial charge in [-0.25, -0.2) is 9.48 Å². The van der Waals surface area contributed by atoms with Gasteiger partial charge in [0.25, 0.3) is 5.91 Å². The van der Waals surface area contributed by atoms with Crippen molar-refractivity contribution in [3.05, 3.63) is 96.2 Å².